The van der Waals surface area contributed by atoms with Gasteiger partial charge in [0.15, 0.2) is 0 Å². The summed E-state index contributed by atoms with van der Waals surface area (Å²) in [5, 5.41) is 0.0654. The van der Waals surface area contributed by atoms with Crippen molar-refractivity contribution in [1.29, 1.82) is 0 Å². The highest BCUT2D eigenvalue weighted by Crippen LogP contribution is 2.04. The lowest BCUT2D eigenvalue weighted by Crippen LogP contribution is -2.16. The van der Waals surface area contributed by atoms with Gasteiger partial charge in [0.25, 0.3) is 5.24 Å². The topological polar surface area (TPSA) is 20.3 Å². The van der Waals surface area contributed by atoms with E-state index in [1.54, 1.807) is 14.1 Å². The zero-order valence-corrected chi connectivity index (χ0v) is 7.13. The minimum Gasteiger partial charge on any atom is -0.340 e. The van der Waals surface area contributed by atoms with Gasteiger partial charge in [-0.15, -0.1) is 11.6 Å². The number of alkyl halides is 1. The number of rotatable bonds is 2. The fraction of sp³-hybridized carbons (Fsp3) is 0.800. The van der Waals surface area contributed by atoms with Crippen LogP contribution in [0.15, 0.2) is 0 Å². The van der Waals surface area contributed by atoms with E-state index in [1.165, 1.54) is 16.7 Å². The third kappa shape index (κ3) is 4.60. The van der Waals surface area contributed by atoms with Gasteiger partial charge >= 0.3 is 0 Å². The maximum absolute atomic E-state index is 10.7. The zero-order valence-electron chi connectivity index (χ0n) is 5.56. The second kappa shape index (κ2) is 4.94. The number of hydrogen-bond donors (Lipinski definition) is 0. The Labute approximate surface area is 64.5 Å². The van der Waals surface area contributed by atoms with Gasteiger partial charge < -0.3 is 4.90 Å². The van der Waals surface area contributed by atoms with Crippen molar-refractivity contribution >= 4 is 28.6 Å². The van der Waals surface area contributed by atoms with Crippen LogP contribution in [-0.2, 0) is 0 Å². The van der Waals surface area contributed by atoms with E-state index in [1.807, 2.05) is 0 Å². The molecule has 0 fully saturated rings. The van der Waals surface area contributed by atoms with Gasteiger partial charge in [-0.3, -0.25) is 4.79 Å². The van der Waals surface area contributed by atoms with E-state index in [2.05, 4.69) is 0 Å². The van der Waals surface area contributed by atoms with Crippen molar-refractivity contribution in [1.82, 2.24) is 4.90 Å². The van der Waals surface area contributed by atoms with E-state index in [9.17, 15) is 4.79 Å². The molecule has 0 aliphatic carbocycles. The molecule has 0 spiro atoms. The number of halogens is 1. The molecule has 0 aromatic heterocycles. The summed E-state index contributed by atoms with van der Waals surface area (Å²) in [6, 6.07) is 0. The Kier molecular flexibility index (Phi) is 5.00. The van der Waals surface area contributed by atoms with Crippen LogP contribution in [0.1, 0.15) is 0 Å². The van der Waals surface area contributed by atoms with E-state index in [4.69, 9.17) is 11.6 Å². The Balaban J connectivity index is 3.28. The Morgan fingerprint density at radius 1 is 1.67 bits per heavy atom. The Morgan fingerprint density at radius 3 is 2.56 bits per heavy atom. The monoisotopic (exact) mass is 167 g/mol. The molecule has 0 aliphatic rings. The molecule has 0 bridgehead atoms. The predicted molar refractivity (Wildman–Crippen MR) is 42.3 cm³/mol. The number of nitrogens with zero attached hydrogens (tertiary/aromatic N) is 1. The lowest BCUT2D eigenvalue weighted by atomic mass is 10.9. The highest BCUT2D eigenvalue weighted by molar-refractivity contribution is 8.13. The van der Waals surface area contributed by atoms with E-state index in [-0.39, 0.29) is 5.24 Å². The van der Waals surface area contributed by atoms with Crippen molar-refractivity contribution in [3.63, 3.8) is 0 Å². The molecular weight excluding hydrogens is 158 g/mol. The maximum Gasteiger partial charge on any atom is 0.281 e. The molecule has 0 rings (SSSR count). The molecule has 0 saturated heterocycles. The van der Waals surface area contributed by atoms with Crippen molar-refractivity contribution in [3.05, 3.63) is 0 Å². The Bertz CT molecular complexity index is 97.0. The van der Waals surface area contributed by atoms with Gasteiger partial charge in [-0.1, -0.05) is 11.8 Å². The second-order valence-electron chi connectivity index (χ2n) is 1.70. The van der Waals surface area contributed by atoms with Gasteiger partial charge in [0.2, 0.25) is 0 Å². The Morgan fingerprint density at radius 2 is 2.22 bits per heavy atom. The molecule has 0 heterocycles. The molecule has 0 aromatic rings. The molecule has 9 heavy (non-hydrogen) atoms. The first-order valence-electron chi connectivity index (χ1n) is 2.58. The largest absolute Gasteiger partial charge is 0.340 e. The summed E-state index contributed by atoms with van der Waals surface area (Å²) in [6.07, 6.45) is 0. The first-order valence-corrected chi connectivity index (χ1v) is 4.10. The van der Waals surface area contributed by atoms with Crippen LogP contribution in [0.4, 0.5) is 4.79 Å². The molecule has 0 aromatic carbocycles. The van der Waals surface area contributed by atoms with E-state index < -0.39 is 0 Å². The summed E-state index contributed by atoms with van der Waals surface area (Å²) >= 11 is 6.60. The summed E-state index contributed by atoms with van der Waals surface area (Å²) < 4.78 is 0. The second-order valence-corrected chi connectivity index (χ2v) is 3.12. The van der Waals surface area contributed by atoms with Crippen molar-refractivity contribution in [3.8, 4) is 0 Å². The molecule has 0 aliphatic heterocycles. The third-order valence-electron chi connectivity index (χ3n) is 0.668. The summed E-state index contributed by atoms with van der Waals surface area (Å²) in [7, 11) is 3.45. The zero-order chi connectivity index (χ0) is 7.28. The summed E-state index contributed by atoms with van der Waals surface area (Å²) in [5.41, 5.74) is 0. The fourth-order valence-electron chi connectivity index (χ4n) is 0.255. The first kappa shape index (κ1) is 9.11. The van der Waals surface area contributed by atoms with Crippen LogP contribution in [0.2, 0.25) is 0 Å². The lowest BCUT2D eigenvalue weighted by Gasteiger charge is -2.07. The number of amides is 1. The van der Waals surface area contributed by atoms with Gasteiger partial charge in [0, 0.05) is 25.7 Å². The fourth-order valence-corrected chi connectivity index (χ4v) is 0.996. The SMILES string of the molecule is CN(C)C(=O)SCCCl. The molecule has 0 radical (unpaired) electrons. The van der Waals surface area contributed by atoms with Crippen LogP contribution in [0.3, 0.4) is 0 Å². The highest BCUT2D eigenvalue weighted by atomic mass is 35.5. The quantitative estimate of drug-likeness (QED) is 0.583. The van der Waals surface area contributed by atoms with E-state index >= 15 is 0 Å². The van der Waals surface area contributed by atoms with Crippen molar-refractivity contribution < 1.29 is 4.79 Å². The average Bonchev–Trinajstić information content (AvgIpc) is 1.82. The molecule has 1 amide bonds. The van der Waals surface area contributed by atoms with Gasteiger partial charge in [-0.2, -0.15) is 0 Å². The summed E-state index contributed by atoms with van der Waals surface area (Å²) in [4.78, 5) is 12.3. The minimum absolute atomic E-state index is 0.0654. The molecule has 0 N–H and O–H groups in total. The van der Waals surface area contributed by atoms with Crippen LogP contribution in [-0.4, -0.2) is 35.9 Å². The Hall–Kier alpha value is 0.110. The van der Waals surface area contributed by atoms with Crippen molar-refractivity contribution in [2.24, 2.45) is 0 Å². The van der Waals surface area contributed by atoms with Gasteiger partial charge in [0.05, 0.1) is 0 Å². The summed E-state index contributed by atoms with van der Waals surface area (Å²) in [6.45, 7) is 0. The number of hydrogen-bond acceptors (Lipinski definition) is 2. The van der Waals surface area contributed by atoms with Crippen LogP contribution < -0.4 is 0 Å². The smallest absolute Gasteiger partial charge is 0.281 e. The van der Waals surface area contributed by atoms with E-state index in [0.29, 0.717) is 11.6 Å². The average molecular weight is 168 g/mol. The molecule has 0 saturated carbocycles. The molecule has 0 unspecified atom stereocenters. The van der Waals surface area contributed by atoms with Crippen LogP contribution in [0, 0.1) is 0 Å². The normalized spacial score (nSPS) is 9.22. The summed E-state index contributed by atoms with van der Waals surface area (Å²) in [5.74, 6) is 1.23. The number of carbonyl (C=O) groups is 1. The third-order valence-corrected chi connectivity index (χ3v) is 2.10. The molecule has 54 valence electrons. The van der Waals surface area contributed by atoms with Crippen molar-refractivity contribution in [2.45, 2.75) is 0 Å². The minimum atomic E-state index is 0.0654. The molecule has 4 heteroatoms. The van der Waals surface area contributed by atoms with E-state index in [0.717, 1.165) is 0 Å². The lowest BCUT2D eigenvalue weighted by molar-refractivity contribution is 0.241. The number of carbonyl (C=O) groups excluding carboxylic acids is 1. The maximum atomic E-state index is 10.7. The molecular formula is C5H10ClNOS. The van der Waals surface area contributed by atoms with Crippen LogP contribution >= 0.6 is 23.4 Å². The van der Waals surface area contributed by atoms with Gasteiger partial charge in [-0.05, 0) is 0 Å². The highest BCUT2D eigenvalue weighted by Gasteiger charge is 2.01. The van der Waals surface area contributed by atoms with Crippen LogP contribution in [0.25, 0.3) is 0 Å². The first-order chi connectivity index (χ1) is 4.18. The number of thioether (sulfide) groups is 1. The molecule has 2 nitrogen and oxygen atoms in total. The van der Waals surface area contributed by atoms with Crippen molar-refractivity contribution in [2.75, 3.05) is 25.7 Å². The predicted octanol–water partition coefficient (Wildman–Crippen LogP) is 1.64. The van der Waals surface area contributed by atoms with Gasteiger partial charge in [-0.25, -0.2) is 0 Å². The standard InChI is InChI=1S/C5H10ClNOS/c1-7(2)5(8)9-4-3-6/h3-4H2,1-2H3. The van der Waals surface area contributed by atoms with Crippen LogP contribution in [0.5, 0.6) is 0 Å². The molecule has 0 atom stereocenters. The van der Waals surface area contributed by atoms with Gasteiger partial charge in [0.1, 0.15) is 0 Å².